The molecule has 0 atom stereocenters. The van der Waals surface area contributed by atoms with Gasteiger partial charge in [0.05, 0.1) is 19.2 Å². The van der Waals surface area contributed by atoms with Gasteiger partial charge >= 0.3 is 0 Å². The molecular weight excluding hydrogens is 422 g/mol. The molecule has 1 aliphatic rings. The fourth-order valence-electron chi connectivity index (χ4n) is 3.48. The van der Waals surface area contributed by atoms with Crippen LogP contribution in [0.5, 0.6) is 0 Å². The molecule has 2 aromatic carbocycles. The van der Waals surface area contributed by atoms with Crippen LogP contribution in [0, 0.1) is 24.5 Å². The molecule has 2 aromatic heterocycles. The molecule has 0 unspecified atom stereocenters. The lowest BCUT2D eigenvalue weighted by Crippen LogP contribution is -1.95. The molecule has 0 aliphatic heterocycles. The van der Waals surface area contributed by atoms with Gasteiger partial charge in [-0.25, -0.2) is 15.0 Å². The SMILES string of the molecule is [C-]#[N+]/C(C#N)=C1\C(=C\c2nc3oc(-c4ccc([N+]#[C-])cc4)nc3s2)C(=O)c2ccccc21. The molecule has 2 heterocycles. The number of thiazole rings is 1. The van der Waals surface area contributed by atoms with E-state index in [2.05, 4.69) is 19.7 Å². The molecule has 0 bridgehead atoms. The van der Waals surface area contributed by atoms with Gasteiger partial charge in [-0.05, 0) is 11.6 Å². The minimum Gasteiger partial charge on any atom is -0.417 e. The van der Waals surface area contributed by atoms with Gasteiger partial charge in [0.2, 0.25) is 5.89 Å². The predicted molar refractivity (Wildman–Crippen MR) is 119 cm³/mol. The molecule has 0 saturated heterocycles. The minimum absolute atomic E-state index is 0.141. The summed E-state index contributed by atoms with van der Waals surface area (Å²) in [6.45, 7) is 14.4. The van der Waals surface area contributed by atoms with E-state index >= 15 is 0 Å². The number of benzene rings is 2. The monoisotopic (exact) mass is 431 g/mol. The highest BCUT2D eigenvalue weighted by molar-refractivity contribution is 7.18. The maximum atomic E-state index is 13.0. The number of Topliss-reactive ketones (excluding diaryl/α,β-unsaturated/α-hetero) is 1. The summed E-state index contributed by atoms with van der Waals surface area (Å²) in [5.41, 5.74) is 3.03. The zero-order chi connectivity index (χ0) is 22.2. The molecular formula is C24H9N5O2S. The van der Waals surface area contributed by atoms with Crippen molar-refractivity contribution in [1.29, 1.82) is 5.26 Å². The highest BCUT2D eigenvalue weighted by Gasteiger charge is 2.32. The lowest BCUT2D eigenvalue weighted by atomic mass is 10.0. The summed E-state index contributed by atoms with van der Waals surface area (Å²) in [6.07, 6.45) is 1.58. The van der Waals surface area contributed by atoms with Crippen LogP contribution in [0.4, 0.5) is 5.69 Å². The zero-order valence-corrected chi connectivity index (χ0v) is 17.0. The number of carbonyl (C=O) groups excluding carboxylic acids is 1. The van der Waals surface area contributed by atoms with E-state index < -0.39 is 0 Å². The molecule has 0 spiro atoms. The van der Waals surface area contributed by atoms with E-state index in [0.717, 1.165) is 5.56 Å². The number of fused-ring (bicyclic) bond motifs is 2. The van der Waals surface area contributed by atoms with Crippen molar-refractivity contribution in [2.45, 2.75) is 0 Å². The van der Waals surface area contributed by atoms with E-state index in [1.165, 1.54) is 11.3 Å². The molecule has 0 saturated carbocycles. The van der Waals surface area contributed by atoms with Gasteiger partial charge in [0.1, 0.15) is 5.01 Å². The van der Waals surface area contributed by atoms with Crippen molar-refractivity contribution < 1.29 is 9.21 Å². The molecule has 0 N–H and O–H groups in total. The minimum atomic E-state index is -0.257. The Morgan fingerprint density at radius 2 is 1.84 bits per heavy atom. The molecule has 0 amide bonds. The largest absolute Gasteiger partial charge is 0.417 e. The average molecular weight is 431 g/mol. The van der Waals surface area contributed by atoms with Crippen LogP contribution in [0.15, 0.2) is 64.2 Å². The first kappa shape index (κ1) is 19.1. The van der Waals surface area contributed by atoms with Gasteiger partial charge in [-0.15, -0.1) is 0 Å². The molecule has 0 fully saturated rings. The molecule has 8 heteroatoms. The number of carbonyl (C=O) groups is 1. The lowest BCUT2D eigenvalue weighted by molar-refractivity contribution is 0.104. The van der Waals surface area contributed by atoms with Crippen LogP contribution in [-0.2, 0) is 0 Å². The fraction of sp³-hybridized carbons (Fsp3) is 0. The summed E-state index contributed by atoms with van der Waals surface area (Å²) in [4.78, 5) is 29.1. The second-order valence-electron chi connectivity index (χ2n) is 6.72. The molecule has 4 aromatic rings. The van der Waals surface area contributed by atoms with Gasteiger partial charge < -0.3 is 4.42 Å². The van der Waals surface area contributed by atoms with E-state index in [1.54, 1.807) is 54.6 Å². The van der Waals surface area contributed by atoms with Crippen molar-refractivity contribution in [1.82, 2.24) is 9.97 Å². The summed E-state index contributed by atoms with van der Waals surface area (Å²) in [7, 11) is 0. The van der Waals surface area contributed by atoms with Crippen molar-refractivity contribution in [3.63, 3.8) is 0 Å². The van der Waals surface area contributed by atoms with Crippen LogP contribution in [0.2, 0.25) is 0 Å². The number of rotatable bonds is 2. The van der Waals surface area contributed by atoms with Crippen LogP contribution < -0.4 is 0 Å². The van der Waals surface area contributed by atoms with Gasteiger partial charge in [-0.1, -0.05) is 59.9 Å². The van der Waals surface area contributed by atoms with E-state index in [4.69, 9.17) is 17.6 Å². The van der Waals surface area contributed by atoms with Crippen LogP contribution in [-0.4, -0.2) is 15.8 Å². The fourth-order valence-corrected chi connectivity index (χ4v) is 4.28. The normalized spacial score (nSPS) is 15.3. The van der Waals surface area contributed by atoms with Gasteiger partial charge in [0.15, 0.2) is 16.3 Å². The van der Waals surface area contributed by atoms with Gasteiger partial charge in [0.25, 0.3) is 11.4 Å². The Hall–Kier alpha value is -4.84. The molecule has 32 heavy (non-hydrogen) atoms. The van der Waals surface area contributed by atoms with Crippen LogP contribution in [0.25, 0.3) is 43.3 Å². The smallest absolute Gasteiger partial charge is 0.270 e. The molecule has 5 rings (SSSR count). The maximum absolute atomic E-state index is 13.0. The second kappa shape index (κ2) is 7.45. The Morgan fingerprint density at radius 1 is 1.09 bits per heavy atom. The van der Waals surface area contributed by atoms with Gasteiger partial charge in [-0.2, -0.15) is 9.97 Å². The first-order valence-electron chi connectivity index (χ1n) is 9.26. The highest BCUT2D eigenvalue weighted by atomic mass is 32.1. The Labute approximate surface area is 185 Å². The van der Waals surface area contributed by atoms with Crippen LogP contribution in [0.1, 0.15) is 20.9 Å². The third kappa shape index (κ3) is 2.98. The van der Waals surface area contributed by atoms with Crippen molar-refractivity contribution in [3.05, 3.63) is 98.8 Å². The van der Waals surface area contributed by atoms with Crippen LogP contribution >= 0.6 is 11.3 Å². The maximum Gasteiger partial charge on any atom is 0.270 e. The molecule has 0 radical (unpaired) electrons. The van der Waals surface area contributed by atoms with E-state index in [-0.39, 0.29) is 17.1 Å². The number of nitriles is 1. The number of hydrogen-bond donors (Lipinski definition) is 0. The van der Waals surface area contributed by atoms with E-state index in [9.17, 15) is 10.1 Å². The second-order valence-corrected chi connectivity index (χ2v) is 7.73. The topological polar surface area (TPSA) is 88.5 Å². The van der Waals surface area contributed by atoms with Gasteiger partial charge in [-0.3, -0.25) is 4.79 Å². The Balaban J connectivity index is 1.58. The lowest BCUT2D eigenvalue weighted by Gasteiger charge is -2.01. The van der Waals surface area contributed by atoms with Gasteiger partial charge in [0, 0.05) is 22.3 Å². The molecule has 1 aliphatic carbocycles. The summed E-state index contributed by atoms with van der Waals surface area (Å²) in [6, 6.07) is 15.7. The average Bonchev–Trinajstić information content (AvgIpc) is 3.47. The third-order valence-corrected chi connectivity index (χ3v) is 5.79. The predicted octanol–water partition coefficient (Wildman–Crippen LogP) is 5.94. The first-order chi connectivity index (χ1) is 15.6. The molecule has 148 valence electrons. The summed E-state index contributed by atoms with van der Waals surface area (Å²) >= 11 is 1.24. The van der Waals surface area contributed by atoms with Crippen LogP contribution in [0.3, 0.4) is 0 Å². The Kier molecular flexibility index (Phi) is 4.45. The number of hydrogen-bond acceptors (Lipinski definition) is 6. The van der Waals surface area contributed by atoms with Crippen molar-refractivity contribution in [3.8, 4) is 17.5 Å². The van der Waals surface area contributed by atoms with Crippen molar-refractivity contribution >= 4 is 45.0 Å². The number of ketones is 1. The number of aromatic nitrogens is 2. The summed E-state index contributed by atoms with van der Waals surface area (Å²) in [5.74, 6) is 0.131. The van der Waals surface area contributed by atoms with Crippen molar-refractivity contribution in [2.24, 2.45) is 0 Å². The number of oxazole rings is 1. The Bertz CT molecular complexity index is 1570. The van der Waals surface area contributed by atoms with E-state index in [0.29, 0.717) is 43.8 Å². The first-order valence-corrected chi connectivity index (χ1v) is 10.1. The summed E-state index contributed by atoms with van der Waals surface area (Å²) in [5, 5.41) is 9.90. The van der Waals surface area contributed by atoms with Crippen molar-refractivity contribution in [2.75, 3.05) is 0 Å². The third-order valence-electron chi connectivity index (χ3n) is 4.91. The Morgan fingerprint density at radius 3 is 2.50 bits per heavy atom. The zero-order valence-electron chi connectivity index (χ0n) is 16.2. The number of nitrogens with zero attached hydrogens (tertiary/aromatic N) is 5. The number of allylic oxidation sites excluding steroid dienone is 3. The highest BCUT2D eigenvalue weighted by Crippen LogP contribution is 2.41. The standard InChI is InChI=1S/C24H9N5O2S/c1-26-14-9-7-13(8-10-14)22-29-24-23(31-22)28-19(32-24)11-17-20(18(12-25)27-2)15-5-3-4-6-16(15)21(17)30/h3-11H/b17-11-,20-18-. The quantitative estimate of drug-likeness (QED) is 0.223. The molecule has 7 nitrogen and oxygen atoms in total. The van der Waals surface area contributed by atoms with E-state index in [1.807, 2.05) is 6.07 Å². The summed E-state index contributed by atoms with van der Waals surface area (Å²) < 4.78 is 5.76.